The van der Waals surface area contributed by atoms with Gasteiger partial charge in [-0.15, -0.1) is 0 Å². The zero-order valence-corrected chi connectivity index (χ0v) is 15.5. The minimum Gasteiger partial charge on any atom is -0.426 e. The van der Waals surface area contributed by atoms with Gasteiger partial charge in [-0.05, 0) is 24.3 Å². The van der Waals surface area contributed by atoms with Gasteiger partial charge < -0.3 is 9.47 Å². The maximum Gasteiger partial charge on any atom is 0.423 e. The van der Waals surface area contributed by atoms with Crippen molar-refractivity contribution in [2.75, 3.05) is 0 Å². The maximum absolute atomic E-state index is 12.7. The van der Waals surface area contributed by atoms with Crippen LogP contribution in [0.2, 0.25) is 0 Å². The number of halogens is 13. The maximum atomic E-state index is 12.7. The first-order valence-corrected chi connectivity index (χ1v) is 7.91. The van der Waals surface area contributed by atoms with E-state index in [4.69, 9.17) is 0 Å². The third kappa shape index (κ3) is 5.94. The minimum atomic E-state index is -6.21. The van der Waals surface area contributed by atoms with Gasteiger partial charge in [0.25, 0.3) is 0 Å². The lowest BCUT2D eigenvalue weighted by atomic mass is 10.1. The number of ether oxygens (including phenoxy) is 2. The molecule has 0 atom stereocenters. The van der Waals surface area contributed by atoms with Crippen LogP contribution in [0.25, 0.3) is 0 Å². The zero-order valence-electron chi connectivity index (χ0n) is 13.9. The second-order valence-electron chi connectivity index (χ2n) is 5.45. The molecule has 0 radical (unpaired) electrons. The molecule has 0 aliphatic rings. The second kappa shape index (κ2) is 8.38. The van der Waals surface area contributed by atoms with Crippen LogP contribution in [0.3, 0.4) is 0 Å². The first-order chi connectivity index (χ1) is 13.6. The van der Waals surface area contributed by atoms with Crippen LogP contribution in [0, 0.1) is 5.92 Å². The van der Waals surface area contributed by atoms with Gasteiger partial charge in [-0.2, -0.15) is 52.7 Å². The van der Waals surface area contributed by atoms with Crippen molar-refractivity contribution in [3.05, 3.63) is 24.3 Å². The average molecular weight is 545 g/mol. The molecular formula is C14H5BrF12O4. The van der Waals surface area contributed by atoms with E-state index in [-0.39, 0.29) is 0 Å². The summed E-state index contributed by atoms with van der Waals surface area (Å²) in [5.41, 5.74) is 0. The zero-order chi connectivity index (χ0) is 24.6. The number of rotatable bonds is 4. The summed E-state index contributed by atoms with van der Waals surface area (Å²) in [6, 6.07) is 1.44. The van der Waals surface area contributed by atoms with E-state index in [0.29, 0.717) is 24.3 Å². The summed E-state index contributed by atoms with van der Waals surface area (Å²) < 4.78 is 153. The number of esters is 2. The molecule has 1 rings (SSSR count). The van der Waals surface area contributed by atoms with Crippen LogP contribution in [-0.2, 0) is 9.59 Å². The number of benzene rings is 1. The molecule has 1 aromatic rings. The van der Waals surface area contributed by atoms with E-state index >= 15 is 0 Å². The Balaban J connectivity index is 3.05. The molecule has 0 N–H and O–H groups in total. The Hall–Kier alpha value is -2.20. The first kappa shape index (κ1) is 26.8. The monoisotopic (exact) mass is 544 g/mol. The van der Waals surface area contributed by atoms with E-state index in [0.717, 1.165) is 0 Å². The van der Waals surface area contributed by atoms with E-state index in [9.17, 15) is 62.3 Å². The Morgan fingerprint density at radius 3 is 1.29 bits per heavy atom. The number of alkyl halides is 13. The molecule has 0 saturated heterocycles. The standard InChI is InChI=1S/C14H5BrF12O4/c15-10(13(22,23)24,14(25,26)27)9(29)31-6-3-1-5(2-4-6)30-8(28)7(11(16,17)18)12(19,20)21/h1-4,7H. The fourth-order valence-electron chi connectivity index (χ4n) is 1.77. The van der Waals surface area contributed by atoms with Gasteiger partial charge in [0.1, 0.15) is 11.5 Å². The second-order valence-corrected chi connectivity index (χ2v) is 6.64. The molecule has 0 aliphatic carbocycles. The van der Waals surface area contributed by atoms with Crippen LogP contribution in [0.15, 0.2) is 24.3 Å². The van der Waals surface area contributed by atoms with Crippen molar-refractivity contribution in [3.8, 4) is 11.5 Å². The Morgan fingerprint density at radius 1 is 0.677 bits per heavy atom. The SMILES string of the molecule is O=C(Oc1ccc(OC(=O)C(Br)(C(F)(F)F)C(F)(F)F)cc1)C(C(F)(F)F)C(F)(F)F. The van der Waals surface area contributed by atoms with Crippen molar-refractivity contribution in [2.24, 2.45) is 5.92 Å². The van der Waals surface area contributed by atoms with Crippen LogP contribution >= 0.6 is 15.9 Å². The summed E-state index contributed by atoms with van der Waals surface area (Å²) in [7, 11) is 0. The van der Waals surface area contributed by atoms with Crippen LogP contribution in [0.1, 0.15) is 0 Å². The molecule has 0 spiro atoms. The summed E-state index contributed by atoms with van der Waals surface area (Å²) in [4.78, 5) is 22.7. The van der Waals surface area contributed by atoms with E-state index < -0.39 is 58.4 Å². The third-order valence-corrected chi connectivity index (χ3v) is 4.43. The fraction of sp³-hybridized carbons (Fsp3) is 0.429. The molecule has 0 aromatic heterocycles. The number of hydrogen-bond acceptors (Lipinski definition) is 4. The molecule has 0 saturated carbocycles. The Bertz CT molecular complexity index is 779. The summed E-state index contributed by atoms with van der Waals surface area (Å²) in [5.74, 6) is -12.3. The molecule has 0 aliphatic heterocycles. The lowest BCUT2D eigenvalue weighted by molar-refractivity contribution is -0.279. The summed E-state index contributed by atoms with van der Waals surface area (Å²) in [5, 5.41) is 0. The van der Waals surface area contributed by atoms with Gasteiger partial charge in [-0.3, -0.25) is 4.79 Å². The van der Waals surface area contributed by atoms with Gasteiger partial charge in [0.05, 0.1) is 0 Å². The van der Waals surface area contributed by atoms with Gasteiger partial charge in [-0.1, -0.05) is 15.9 Å². The highest BCUT2D eigenvalue weighted by atomic mass is 79.9. The summed E-state index contributed by atoms with van der Waals surface area (Å²) >= 11 is 1.24. The van der Waals surface area contributed by atoms with E-state index in [1.165, 1.54) is 15.9 Å². The highest BCUT2D eigenvalue weighted by molar-refractivity contribution is 9.10. The van der Waals surface area contributed by atoms with Crippen LogP contribution in [0.4, 0.5) is 52.7 Å². The van der Waals surface area contributed by atoms with Gasteiger partial charge in [-0.25, -0.2) is 4.79 Å². The molecule has 4 nitrogen and oxygen atoms in total. The molecule has 0 bridgehead atoms. The van der Waals surface area contributed by atoms with Crippen molar-refractivity contribution in [2.45, 2.75) is 29.0 Å². The minimum absolute atomic E-state index is 0.358. The molecule has 1 aromatic carbocycles. The van der Waals surface area contributed by atoms with Crippen LogP contribution in [0.5, 0.6) is 11.5 Å². The normalized spacial score (nSPS) is 13.9. The fourth-order valence-corrected chi connectivity index (χ4v) is 1.85. The highest BCUT2D eigenvalue weighted by Crippen LogP contribution is 2.50. The number of hydrogen-bond donors (Lipinski definition) is 0. The number of carbonyl (C=O) groups is 2. The van der Waals surface area contributed by atoms with E-state index in [1.807, 2.05) is 0 Å². The average Bonchev–Trinajstić information content (AvgIpc) is 2.50. The molecule has 31 heavy (non-hydrogen) atoms. The van der Waals surface area contributed by atoms with Crippen molar-refractivity contribution >= 4 is 27.9 Å². The summed E-state index contributed by atoms with van der Waals surface area (Å²) in [6.07, 6.45) is -24.6. The van der Waals surface area contributed by atoms with Crippen molar-refractivity contribution < 1.29 is 71.7 Å². The van der Waals surface area contributed by atoms with Crippen molar-refractivity contribution in [1.82, 2.24) is 0 Å². The quantitative estimate of drug-likeness (QED) is 0.217. The van der Waals surface area contributed by atoms with Gasteiger partial charge >= 0.3 is 41.0 Å². The lowest BCUT2D eigenvalue weighted by Gasteiger charge is -2.29. The first-order valence-electron chi connectivity index (χ1n) is 7.12. The van der Waals surface area contributed by atoms with Crippen molar-refractivity contribution in [3.63, 3.8) is 0 Å². The van der Waals surface area contributed by atoms with E-state index in [2.05, 4.69) is 9.47 Å². The molecule has 17 heteroatoms. The summed E-state index contributed by atoms with van der Waals surface area (Å²) in [6.45, 7) is 0. The molecular weight excluding hydrogens is 540 g/mol. The highest BCUT2D eigenvalue weighted by Gasteiger charge is 2.76. The van der Waals surface area contributed by atoms with Gasteiger partial charge in [0.15, 0.2) is 0 Å². The largest absolute Gasteiger partial charge is 0.426 e. The lowest BCUT2D eigenvalue weighted by Crippen LogP contribution is -2.59. The van der Waals surface area contributed by atoms with Crippen LogP contribution in [-0.4, -0.2) is 41.0 Å². The predicted molar refractivity (Wildman–Crippen MR) is 77.1 cm³/mol. The van der Waals surface area contributed by atoms with E-state index in [1.54, 1.807) is 0 Å². The molecule has 0 unspecified atom stereocenters. The Kier molecular flexibility index (Phi) is 7.26. The molecule has 0 heterocycles. The Morgan fingerprint density at radius 2 is 1.00 bits per heavy atom. The van der Waals surface area contributed by atoms with Gasteiger partial charge in [0.2, 0.25) is 5.92 Å². The van der Waals surface area contributed by atoms with Crippen LogP contribution < -0.4 is 9.47 Å². The third-order valence-electron chi connectivity index (χ3n) is 3.21. The van der Waals surface area contributed by atoms with Crippen molar-refractivity contribution in [1.29, 1.82) is 0 Å². The van der Waals surface area contributed by atoms with Gasteiger partial charge in [0, 0.05) is 0 Å². The number of carbonyl (C=O) groups excluding carboxylic acids is 2. The molecule has 0 amide bonds. The smallest absolute Gasteiger partial charge is 0.423 e. The predicted octanol–water partition coefficient (Wildman–Crippen LogP) is 5.50. The topological polar surface area (TPSA) is 52.6 Å². The molecule has 0 fully saturated rings. The Labute approximate surface area is 171 Å². The molecule has 176 valence electrons.